The predicted octanol–water partition coefficient (Wildman–Crippen LogP) is 3.11. The average Bonchev–Trinajstić information content (AvgIpc) is 2.29. The number of halogens is 4. The molecule has 106 valence electrons. The Morgan fingerprint density at radius 1 is 1.32 bits per heavy atom. The van der Waals surface area contributed by atoms with Crippen LogP contribution in [0.2, 0.25) is 0 Å². The molecule has 0 radical (unpaired) electrons. The molecule has 0 aliphatic carbocycles. The summed E-state index contributed by atoms with van der Waals surface area (Å²) in [5.41, 5.74) is -5.77. The fraction of sp³-hybridized carbons (Fsp3) is 0.273. The van der Waals surface area contributed by atoms with E-state index in [4.69, 9.17) is 0 Å². The second-order valence-electron chi connectivity index (χ2n) is 3.59. The quantitative estimate of drug-likeness (QED) is 0.516. The zero-order chi connectivity index (χ0) is 14.7. The van der Waals surface area contributed by atoms with Crippen LogP contribution in [0.1, 0.15) is 6.42 Å². The van der Waals surface area contributed by atoms with E-state index < -0.39 is 26.1 Å². The maximum Gasteiger partial charge on any atom is 0.501 e. The summed E-state index contributed by atoms with van der Waals surface area (Å²) in [7, 11) is -5.60. The molecule has 0 aromatic heterocycles. The van der Waals surface area contributed by atoms with Crippen molar-refractivity contribution in [3.05, 3.63) is 36.7 Å². The number of alkyl halides is 3. The lowest BCUT2D eigenvalue weighted by Gasteiger charge is -2.14. The van der Waals surface area contributed by atoms with Crippen molar-refractivity contribution in [2.24, 2.45) is 0 Å². The summed E-state index contributed by atoms with van der Waals surface area (Å²) in [6.07, 6.45) is 1.93. The van der Waals surface area contributed by atoms with Crippen LogP contribution in [-0.2, 0) is 9.84 Å². The van der Waals surface area contributed by atoms with Crippen LogP contribution in [0.25, 0.3) is 0 Å². The van der Waals surface area contributed by atoms with E-state index in [2.05, 4.69) is 11.9 Å². The summed E-state index contributed by atoms with van der Waals surface area (Å²) >= 11 is 0. The van der Waals surface area contributed by atoms with Crippen LogP contribution in [-0.4, -0.2) is 20.5 Å². The van der Waals surface area contributed by atoms with Crippen LogP contribution in [0.4, 0.5) is 23.2 Å². The van der Waals surface area contributed by atoms with Crippen molar-refractivity contribution >= 4 is 15.5 Å². The monoisotopic (exact) mass is 297 g/mol. The standard InChI is InChI=1S/C11H11F4NO2S/c1-2-3-6-16-9-5-4-8(12)7-10(9)19(17,18)11(13,14)15/h2,4-5,7,16H,1,3,6H2. The molecule has 0 spiro atoms. The van der Waals surface area contributed by atoms with Crippen LogP contribution in [0.5, 0.6) is 0 Å². The van der Waals surface area contributed by atoms with Crippen molar-refractivity contribution in [1.29, 1.82) is 0 Å². The molecule has 0 aliphatic rings. The van der Waals surface area contributed by atoms with Gasteiger partial charge in [0.05, 0.1) is 5.69 Å². The molecule has 0 atom stereocenters. The van der Waals surface area contributed by atoms with Gasteiger partial charge in [-0.05, 0) is 24.6 Å². The molecule has 0 aliphatic heterocycles. The number of anilines is 1. The van der Waals surface area contributed by atoms with Crippen molar-refractivity contribution < 1.29 is 26.0 Å². The molecule has 1 aromatic carbocycles. The summed E-state index contributed by atoms with van der Waals surface area (Å²) in [5, 5.41) is 2.50. The molecule has 0 bridgehead atoms. The average molecular weight is 297 g/mol. The number of nitrogens with one attached hydrogen (secondary N) is 1. The molecule has 3 nitrogen and oxygen atoms in total. The molecule has 0 saturated carbocycles. The highest BCUT2D eigenvalue weighted by Crippen LogP contribution is 2.34. The summed E-state index contributed by atoms with van der Waals surface area (Å²) in [4.78, 5) is -1.12. The summed E-state index contributed by atoms with van der Waals surface area (Å²) < 4.78 is 73.0. The first-order valence-corrected chi connectivity index (χ1v) is 6.64. The van der Waals surface area contributed by atoms with E-state index in [-0.39, 0.29) is 12.2 Å². The molecule has 0 amide bonds. The van der Waals surface area contributed by atoms with Gasteiger partial charge in [0, 0.05) is 6.54 Å². The lowest BCUT2D eigenvalue weighted by molar-refractivity contribution is -0.0435. The predicted molar refractivity (Wildman–Crippen MR) is 62.9 cm³/mol. The SMILES string of the molecule is C=CCCNc1ccc(F)cc1S(=O)(=O)C(F)(F)F. The smallest absolute Gasteiger partial charge is 0.384 e. The fourth-order valence-electron chi connectivity index (χ4n) is 1.30. The van der Waals surface area contributed by atoms with Crippen molar-refractivity contribution in [1.82, 2.24) is 0 Å². The van der Waals surface area contributed by atoms with Gasteiger partial charge >= 0.3 is 5.51 Å². The molecule has 8 heteroatoms. The van der Waals surface area contributed by atoms with Gasteiger partial charge in [0.1, 0.15) is 10.7 Å². The van der Waals surface area contributed by atoms with Crippen LogP contribution in [0.3, 0.4) is 0 Å². The zero-order valence-corrected chi connectivity index (χ0v) is 10.5. The third-order valence-electron chi connectivity index (χ3n) is 2.20. The van der Waals surface area contributed by atoms with E-state index in [0.717, 1.165) is 12.1 Å². The number of hydrogen-bond donors (Lipinski definition) is 1. The Kier molecular flexibility index (Phi) is 4.56. The second kappa shape index (κ2) is 5.60. The number of benzene rings is 1. The number of sulfone groups is 1. The Morgan fingerprint density at radius 2 is 1.95 bits per heavy atom. The Morgan fingerprint density at radius 3 is 2.47 bits per heavy atom. The van der Waals surface area contributed by atoms with Gasteiger partial charge in [-0.1, -0.05) is 6.08 Å². The van der Waals surface area contributed by atoms with Gasteiger partial charge in [0.15, 0.2) is 0 Å². The summed E-state index contributed by atoms with van der Waals surface area (Å²) in [6, 6.07) is 2.18. The highest BCUT2D eigenvalue weighted by atomic mass is 32.2. The number of hydrogen-bond acceptors (Lipinski definition) is 3. The molecular formula is C11H11F4NO2S. The van der Waals surface area contributed by atoms with Crippen molar-refractivity contribution in [2.75, 3.05) is 11.9 Å². The van der Waals surface area contributed by atoms with Crippen LogP contribution < -0.4 is 5.32 Å². The topological polar surface area (TPSA) is 46.2 Å². The number of rotatable bonds is 5. The third-order valence-corrected chi connectivity index (χ3v) is 3.73. The van der Waals surface area contributed by atoms with E-state index >= 15 is 0 Å². The Labute approximate surface area is 107 Å². The van der Waals surface area contributed by atoms with Gasteiger partial charge in [-0.25, -0.2) is 12.8 Å². The summed E-state index contributed by atoms with van der Waals surface area (Å²) in [6.45, 7) is 3.61. The summed E-state index contributed by atoms with van der Waals surface area (Å²) in [5.74, 6) is -1.06. The molecular weight excluding hydrogens is 286 g/mol. The minimum absolute atomic E-state index is 0.190. The van der Waals surface area contributed by atoms with Crippen LogP contribution >= 0.6 is 0 Å². The van der Waals surface area contributed by atoms with E-state index in [1.807, 2.05) is 0 Å². The molecule has 0 fully saturated rings. The van der Waals surface area contributed by atoms with E-state index in [0.29, 0.717) is 12.5 Å². The highest BCUT2D eigenvalue weighted by molar-refractivity contribution is 7.92. The lowest BCUT2D eigenvalue weighted by Crippen LogP contribution is -2.24. The first kappa shape index (κ1) is 15.5. The molecule has 1 N–H and O–H groups in total. The maximum atomic E-state index is 13.0. The first-order valence-electron chi connectivity index (χ1n) is 5.16. The van der Waals surface area contributed by atoms with E-state index in [1.165, 1.54) is 6.08 Å². The first-order chi connectivity index (χ1) is 8.70. The molecule has 0 unspecified atom stereocenters. The van der Waals surface area contributed by atoms with Crippen molar-refractivity contribution in [3.8, 4) is 0 Å². The lowest BCUT2D eigenvalue weighted by atomic mass is 10.3. The molecule has 1 rings (SSSR count). The fourth-order valence-corrected chi connectivity index (χ4v) is 2.24. The van der Waals surface area contributed by atoms with Gasteiger partial charge in [0.25, 0.3) is 9.84 Å². The van der Waals surface area contributed by atoms with Gasteiger partial charge in [-0.3, -0.25) is 0 Å². The van der Waals surface area contributed by atoms with Crippen LogP contribution in [0.15, 0.2) is 35.7 Å². The maximum absolute atomic E-state index is 13.0. The highest BCUT2D eigenvalue weighted by Gasteiger charge is 2.48. The Balaban J connectivity index is 3.25. The Hall–Kier alpha value is -1.57. The third kappa shape index (κ3) is 3.46. The minimum Gasteiger partial charge on any atom is -0.384 e. The molecule has 1 aromatic rings. The largest absolute Gasteiger partial charge is 0.501 e. The second-order valence-corrected chi connectivity index (χ2v) is 5.50. The minimum atomic E-state index is -5.60. The molecule has 19 heavy (non-hydrogen) atoms. The van der Waals surface area contributed by atoms with Crippen LogP contribution in [0, 0.1) is 5.82 Å². The van der Waals surface area contributed by atoms with Gasteiger partial charge < -0.3 is 5.32 Å². The Bertz CT molecular complexity index is 567. The van der Waals surface area contributed by atoms with Crippen molar-refractivity contribution in [3.63, 3.8) is 0 Å². The normalized spacial score (nSPS) is 12.2. The van der Waals surface area contributed by atoms with Gasteiger partial charge in [0.2, 0.25) is 0 Å². The van der Waals surface area contributed by atoms with Crippen molar-refractivity contribution in [2.45, 2.75) is 16.8 Å². The van der Waals surface area contributed by atoms with E-state index in [1.54, 1.807) is 0 Å². The van der Waals surface area contributed by atoms with Gasteiger partial charge in [-0.15, -0.1) is 6.58 Å². The zero-order valence-electron chi connectivity index (χ0n) is 9.67. The van der Waals surface area contributed by atoms with E-state index in [9.17, 15) is 26.0 Å². The molecule has 0 heterocycles. The molecule has 0 saturated heterocycles. The van der Waals surface area contributed by atoms with Gasteiger partial charge in [-0.2, -0.15) is 13.2 Å².